The van der Waals surface area contributed by atoms with Crippen molar-refractivity contribution in [3.63, 3.8) is 0 Å². The average Bonchev–Trinajstić information content (AvgIpc) is 2.60. The number of nitrogens with one attached hydrogen (secondary N) is 2. The number of benzene rings is 1. The molecule has 1 aliphatic rings. The predicted octanol–water partition coefficient (Wildman–Crippen LogP) is 2.07. The summed E-state index contributed by atoms with van der Waals surface area (Å²) in [7, 11) is -3.67. The number of aromatic nitrogens is 2. The summed E-state index contributed by atoms with van der Waals surface area (Å²) >= 11 is 0. The van der Waals surface area contributed by atoms with Gasteiger partial charge in [-0.3, -0.25) is 4.79 Å². The fraction of sp³-hybridized carbons (Fsp3) is 0.176. The van der Waals surface area contributed by atoms with Crippen LogP contribution in [0, 0.1) is 0 Å². The first-order valence-electron chi connectivity index (χ1n) is 8.05. The molecule has 0 radical (unpaired) electrons. The molecule has 0 unspecified atom stereocenters. The van der Waals surface area contributed by atoms with Gasteiger partial charge in [0, 0.05) is 36.4 Å². The van der Waals surface area contributed by atoms with E-state index in [1.54, 1.807) is 12.3 Å². The quantitative estimate of drug-likeness (QED) is 0.571. The molecule has 0 saturated carbocycles. The monoisotopic (exact) mass is 443 g/mol. The Kier molecular flexibility index (Phi) is 6.68. The molecule has 2 aromatic heterocycles. The maximum absolute atomic E-state index is 11.5. The lowest BCUT2D eigenvalue weighted by atomic mass is 10.0. The van der Waals surface area contributed by atoms with E-state index in [9.17, 15) is 13.2 Å². The van der Waals surface area contributed by atoms with Crippen molar-refractivity contribution in [1.82, 2.24) is 14.3 Å². The minimum atomic E-state index is -3.67. The van der Waals surface area contributed by atoms with Crippen molar-refractivity contribution in [2.45, 2.75) is 13.0 Å². The van der Waals surface area contributed by atoms with Gasteiger partial charge >= 0.3 is 0 Å². The first-order valence-corrected chi connectivity index (χ1v) is 9.55. The second-order valence-electron chi connectivity index (χ2n) is 6.18. The topological polar surface area (TPSA) is 121 Å². The van der Waals surface area contributed by atoms with Crippen LogP contribution in [-0.4, -0.2) is 29.2 Å². The van der Waals surface area contributed by atoms with Crippen molar-refractivity contribution in [1.29, 1.82) is 0 Å². The number of nitrogens with zero attached hydrogens (tertiary/aromatic N) is 2. The van der Waals surface area contributed by atoms with Gasteiger partial charge in [-0.1, -0.05) is 6.07 Å². The number of anilines is 2. The number of pyridine rings is 2. The number of aromatic amines is 1. The Bertz CT molecular complexity index is 1170. The molecule has 11 heteroatoms. The highest BCUT2D eigenvalue weighted by atomic mass is 35.5. The minimum Gasteiger partial charge on any atom is -0.355 e. The van der Waals surface area contributed by atoms with Crippen molar-refractivity contribution in [2.75, 3.05) is 11.9 Å². The molecule has 3 aromatic rings. The molecule has 0 bridgehead atoms. The first-order chi connectivity index (χ1) is 12.4. The fourth-order valence-corrected chi connectivity index (χ4v) is 3.81. The van der Waals surface area contributed by atoms with Gasteiger partial charge in [0.2, 0.25) is 5.56 Å². The Labute approximate surface area is 174 Å². The van der Waals surface area contributed by atoms with E-state index in [1.165, 1.54) is 10.4 Å². The number of halogens is 2. The van der Waals surface area contributed by atoms with Gasteiger partial charge < -0.3 is 10.3 Å². The molecule has 0 fully saturated rings. The normalized spacial score (nSPS) is 13.9. The van der Waals surface area contributed by atoms with E-state index >= 15 is 0 Å². The summed E-state index contributed by atoms with van der Waals surface area (Å²) in [6, 6.07) is 10.8. The van der Waals surface area contributed by atoms with E-state index in [4.69, 9.17) is 5.14 Å². The zero-order valence-electron chi connectivity index (χ0n) is 14.6. The Morgan fingerprint density at radius 2 is 1.89 bits per heavy atom. The number of fused-ring (bicyclic) bond motifs is 2. The van der Waals surface area contributed by atoms with Crippen LogP contribution in [-0.2, 0) is 23.2 Å². The van der Waals surface area contributed by atoms with Crippen molar-refractivity contribution in [2.24, 2.45) is 5.14 Å². The number of hydrogen-bond donors (Lipinski definition) is 3. The lowest BCUT2D eigenvalue weighted by Crippen LogP contribution is -2.40. The van der Waals surface area contributed by atoms with Gasteiger partial charge in [0.1, 0.15) is 5.65 Å². The molecule has 3 heterocycles. The Hall–Kier alpha value is -2.17. The predicted molar refractivity (Wildman–Crippen MR) is 114 cm³/mol. The van der Waals surface area contributed by atoms with Crippen LogP contribution in [0.15, 0.2) is 47.4 Å². The molecule has 8 nitrogen and oxygen atoms in total. The van der Waals surface area contributed by atoms with E-state index in [0.29, 0.717) is 18.6 Å². The Morgan fingerprint density at radius 1 is 1.11 bits per heavy atom. The van der Waals surface area contributed by atoms with Crippen LogP contribution in [0.25, 0.3) is 11.0 Å². The molecule has 0 amide bonds. The van der Waals surface area contributed by atoms with Gasteiger partial charge in [0.05, 0.1) is 5.69 Å². The molecule has 0 spiro atoms. The van der Waals surface area contributed by atoms with Gasteiger partial charge in [0.15, 0.2) is 0 Å². The van der Waals surface area contributed by atoms with Gasteiger partial charge in [-0.25, -0.2) is 10.1 Å². The number of H-pyrrole nitrogens is 1. The average molecular weight is 444 g/mol. The van der Waals surface area contributed by atoms with Crippen LogP contribution in [0.5, 0.6) is 0 Å². The molecule has 4 rings (SSSR count). The number of rotatable bonds is 3. The van der Waals surface area contributed by atoms with Crippen LogP contribution < -0.4 is 16.0 Å². The SMILES string of the molecule is Cl.Cl.NS(=O)(=O)N1CCc2cc(Nc3ccnc4[nH]c(=O)ccc34)ccc2C1. The third-order valence-electron chi connectivity index (χ3n) is 4.46. The molecule has 0 atom stereocenters. The minimum absolute atomic E-state index is 0. The summed E-state index contributed by atoms with van der Waals surface area (Å²) in [5.74, 6) is 0. The second-order valence-corrected chi connectivity index (χ2v) is 7.73. The molecule has 1 aromatic carbocycles. The highest BCUT2D eigenvalue weighted by Crippen LogP contribution is 2.27. The van der Waals surface area contributed by atoms with Crippen LogP contribution in [0.2, 0.25) is 0 Å². The van der Waals surface area contributed by atoms with Crippen LogP contribution >= 0.6 is 24.8 Å². The van der Waals surface area contributed by atoms with Crippen molar-refractivity contribution in [3.05, 3.63) is 64.1 Å². The third kappa shape index (κ3) is 4.45. The van der Waals surface area contributed by atoms with E-state index in [0.717, 1.165) is 27.9 Å². The smallest absolute Gasteiger partial charge is 0.277 e. The molecule has 0 saturated heterocycles. The summed E-state index contributed by atoms with van der Waals surface area (Å²) < 4.78 is 24.3. The lowest BCUT2D eigenvalue weighted by Gasteiger charge is -2.26. The van der Waals surface area contributed by atoms with E-state index in [2.05, 4.69) is 15.3 Å². The van der Waals surface area contributed by atoms with Crippen LogP contribution in [0.3, 0.4) is 0 Å². The summed E-state index contributed by atoms with van der Waals surface area (Å²) in [5.41, 5.74) is 4.06. The maximum atomic E-state index is 11.5. The first kappa shape index (κ1) is 22.1. The lowest BCUT2D eigenvalue weighted by molar-refractivity contribution is 0.392. The largest absolute Gasteiger partial charge is 0.355 e. The molecular formula is C17H19Cl2N5O3S. The van der Waals surface area contributed by atoms with Crippen LogP contribution in [0.1, 0.15) is 11.1 Å². The molecule has 28 heavy (non-hydrogen) atoms. The van der Waals surface area contributed by atoms with Gasteiger partial charge in [0.25, 0.3) is 10.2 Å². The fourth-order valence-electron chi connectivity index (χ4n) is 3.15. The summed E-state index contributed by atoms with van der Waals surface area (Å²) in [5, 5.41) is 9.37. The summed E-state index contributed by atoms with van der Waals surface area (Å²) in [6.07, 6.45) is 2.23. The standard InChI is InChI=1S/C17H17N5O3S.2ClH/c18-26(24,25)22-8-6-11-9-13(2-1-12(11)10-22)20-15-5-7-19-17-14(15)3-4-16(23)21-17;;/h1-5,7,9H,6,8,10H2,(H2,18,24,25)(H2,19,20,21,23);2*1H. The molecule has 0 aliphatic carbocycles. The number of hydrogen-bond acceptors (Lipinski definition) is 5. The maximum Gasteiger partial charge on any atom is 0.277 e. The van der Waals surface area contributed by atoms with Gasteiger partial charge in [-0.2, -0.15) is 12.7 Å². The van der Waals surface area contributed by atoms with Crippen LogP contribution in [0.4, 0.5) is 11.4 Å². The van der Waals surface area contributed by atoms with E-state index in [1.807, 2.05) is 24.3 Å². The zero-order chi connectivity index (χ0) is 18.3. The Balaban J connectivity index is 0.00000140. The molecular weight excluding hydrogens is 425 g/mol. The molecule has 150 valence electrons. The van der Waals surface area contributed by atoms with Gasteiger partial charge in [-0.15, -0.1) is 24.8 Å². The second kappa shape index (κ2) is 8.46. The summed E-state index contributed by atoms with van der Waals surface area (Å²) in [4.78, 5) is 18.3. The zero-order valence-corrected chi connectivity index (χ0v) is 17.0. The molecule has 4 N–H and O–H groups in total. The van der Waals surface area contributed by atoms with Gasteiger partial charge in [-0.05, 0) is 41.8 Å². The van der Waals surface area contributed by atoms with E-state index in [-0.39, 0.29) is 36.9 Å². The highest BCUT2D eigenvalue weighted by Gasteiger charge is 2.23. The summed E-state index contributed by atoms with van der Waals surface area (Å²) in [6.45, 7) is 0.655. The Morgan fingerprint density at radius 3 is 2.64 bits per heavy atom. The molecule has 1 aliphatic heterocycles. The van der Waals surface area contributed by atoms with Crippen molar-refractivity contribution >= 4 is 57.4 Å². The van der Waals surface area contributed by atoms with E-state index < -0.39 is 10.2 Å². The highest BCUT2D eigenvalue weighted by molar-refractivity contribution is 7.86. The number of nitrogens with two attached hydrogens (primary N) is 1. The van der Waals surface area contributed by atoms with Crippen molar-refractivity contribution < 1.29 is 8.42 Å². The third-order valence-corrected chi connectivity index (χ3v) is 5.49. The van der Waals surface area contributed by atoms with Crippen molar-refractivity contribution in [3.8, 4) is 0 Å².